The molecule has 1 saturated heterocycles. The molecule has 0 bridgehead atoms. The van der Waals surface area contributed by atoms with Gasteiger partial charge >= 0.3 is 0 Å². The summed E-state index contributed by atoms with van der Waals surface area (Å²) in [5.41, 5.74) is 1.85. The zero-order valence-electron chi connectivity index (χ0n) is 10.8. The van der Waals surface area contributed by atoms with E-state index in [1.165, 1.54) is 0 Å². The number of nitrogens with zero attached hydrogens (tertiary/aromatic N) is 3. The molecule has 1 aromatic rings. The van der Waals surface area contributed by atoms with Crippen LogP contribution in [-0.4, -0.2) is 40.7 Å². The second-order valence-corrected chi connectivity index (χ2v) is 4.50. The average Bonchev–Trinajstić information content (AvgIpc) is 2.63. The molecule has 1 fully saturated rings. The number of morpholine rings is 1. The van der Waals surface area contributed by atoms with Crippen molar-refractivity contribution in [1.29, 1.82) is 0 Å². The molecule has 0 spiro atoms. The predicted octanol–water partition coefficient (Wildman–Crippen LogP) is 0.836. The first-order valence-corrected chi connectivity index (χ1v) is 6.16. The lowest BCUT2D eigenvalue weighted by Crippen LogP contribution is -2.46. The summed E-state index contributed by atoms with van der Waals surface area (Å²) in [5, 5.41) is 13.9. The minimum Gasteiger partial charge on any atom is -0.391 e. The second-order valence-electron chi connectivity index (χ2n) is 4.50. The summed E-state index contributed by atoms with van der Waals surface area (Å²) in [6.07, 6.45) is 1.04. The molecule has 96 valence electrons. The zero-order valence-corrected chi connectivity index (χ0v) is 10.8. The maximum absolute atomic E-state index is 9.49. The number of aryl methyl sites for hydroxylation is 2. The normalized spacial score (nSPS) is 20.9. The highest BCUT2D eigenvalue weighted by Crippen LogP contribution is 2.27. The second kappa shape index (κ2) is 5.06. The Morgan fingerprint density at radius 3 is 2.94 bits per heavy atom. The third-order valence-electron chi connectivity index (χ3n) is 3.44. The lowest BCUT2D eigenvalue weighted by Gasteiger charge is -2.37. The van der Waals surface area contributed by atoms with Gasteiger partial charge in [-0.2, -0.15) is 5.10 Å². The van der Waals surface area contributed by atoms with Crippen LogP contribution in [0.25, 0.3) is 0 Å². The van der Waals surface area contributed by atoms with Gasteiger partial charge in [0, 0.05) is 19.2 Å². The monoisotopic (exact) mass is 239 g/mol. The van der Waals surface area contributed by atoms with Crippen LogP contribution < -0.4 is 4.90 Å². The molecule has 17 heavy (non-hydrogen) atoms. The van der Waals surface area contributed by atoms with E-state index in [1.54, 1.807) is 0 Å². The third-order valence-corrected chi connectivity index (χ3v) is 3.44. The van der Waals surface area contributed by atoms with Gasteiger partial charge in [0.1, 0.15) is 5.82 Å². The lowest BCUT2D eigenvalue weighted by atomic mass is 10.1. The van der Waals surface area contributed by atoms with E-state index in [0.29, 0.717) is 6.04 Å². The third kappa shape index (κ3) is 2.17. The maximum atomic E-state index is 9.49. The summed E-state index contributed by atoms with van der Waals surface area (Å²) in [6, 6.07) is 0.379. The Kier molecular flexibility index (Phi) is 3.69. The van der Waals surface area contributed by atoms with Gasteiger partial charge in [0.25, 0.3) is 0 Å². The van der Waals surface area contributed by atoms with Crippen molar-refractivity contribution >= 4 is 5.82 Å². The van der Waals surface area contributed by atoms with Crippen molar-refractivity contribution in [2.24, 2.45) is 7.05 Å². The molecule has 5 nitrogen and oxygen atoms in total. The summed E-state index contributed by atoms with van der Waals surface area (Å²) < 4.78 is 7.38. The number of aliphatic hydroxyl groups excluding tert-OH is 1. The van der Waals surface area contributed by atoms with E-state index in [4.69, 9.17) is 4.74 Å². The van der Waals surface area contributed by atoms with Crippen LogP contribution >= 0.6 is 0 Å². The van der Waals surface area contributed by atoms with Crippen molar-refractivity contribution in [2.75, 3.05) is 24.7 Å². The summed E-state index contributed by atoms with van der Waals surface area (Å²) in [4.78, 5) is 2.31. The number of aromatic nitrogens is 2. The Morgan fingerprint density at radius 1 is 1.53 bits per heavy atom. The molecule has 0 saturated carbocycles. The fourth-order valence-electron chi connectivity index (χ4n) is 2.51. The Morgan fingerprint density at radius 2 is 2.29 bits per heavy atom. The summed E-state index contributed by atoms with van der Waals surface area (Å²) >= 11 is 0. The van der Waals surface area contributed by atoms with Crippen molar-refractivity contribution in [2.45, 2.75) is 32.9 Å². The van der Waals surface area contributed by atoms with Gasteiger partial charge in [-0.3, -0.25) is 4.68 Å². The molecule has 5 heteroatoms. The quantitative estimate of drug-likeness (QED) is 0.849. The highest BCUT2D eigenvalue weighted by atomic mass is 16.5. The molecule has 1 aliphatic heterocycles. The lowest BCUT2D eigenvalue weighted by molar-refractivity contribution is 0.0919. The molecule has 0 aromatic carbocycles. The Labute approximate surface area is 102 Å². The molecule has 1 aliphatic rings. The standard InChI is InChI=1S/C12H21N3O2/c1-4-10-8-17-6-5-15(10)12-11(7-16)9(2)13-14(12)3/h10,16H,4-8H2,1-3H3. The fourth-order valence-corrected chi connectivity index (χ4v) is 2.51. The molecule has 2 rings (SSSR count). The van der Waals surface area contributed by atoms with Crippen LogP contribution in [0.3, 0.4) is 0 Å². The van der Waals surface area contributed by atoms with Gasteiger partial charge in [0.2, 0.25) is 0 Å². The van der Waals surface area contributed by atoms with Crippen LogP contribution in [-0.2, 0) is 18.4 Å². The van der Waals surface area contributed by atoms with E-state index in [1.807, 2.05) is 18.7 Å². The minimum atomic E-state index is 0.0444. The molecule has 1 aromatic heterocycles. The molecule has 1 N–H and O–H groups in total. The van der Waals surface area contributed by atoms with E-state index in [9.17, 15) is 5.11 Å². The van der Waals surface area contributed by atoms with E-state index >= 15 is 0 Å². The highest BCUT2D eigenvalue weighted by Gasteiger charge is 2.27. The van der Waals surface area contributed by atoms with Crippen LogP contribution in [0.15, 0.2) is 0 Å². The topological polar surface area (TPSA) is 50.5 Å². The van der Waals surface area contributed by atoms with Crippen molar-refractivity contribution in [3.05, 3.63) is 11.3 Å². The summed E-state index contributed by atoms with van der Waals surface area (Å²) in [7, 11) is 1.93. The maximum Gasteiger partial charge on any atom is 0.132 e. The molecule has 1 unspecified atom stereocenters. The van der Waals surface area contributed by atoms with Gasteiger partial charge in [-0.05, 0) is 13.3 Å². The first kappa shape index (κ1) is 12.4. The Balaban J connectivity index is 2.37. The van der Waals surface area contributed by atoms with Crippen LogP contribution in [0, 0.1) is 6.92 Å². The number of ether oxygens (including phenoxy) is 1. The van der Waals surface area contributed by atoms with Crippen LogP contribution in [0.5, 0.6) is 0 Å². The summed E-state index contributed by atoms with van der Waals surface area (Å²) in [5.74, 6) is 1.04. The van der Waals surface area contributed by atoms with Gasteiger partial charge in [-0.15, -0.1) is 0 Å². The first-order chi connectivity index (χ1) is 8.19. The fraction of sp³-hybridized carbons (Fsp3) is 0.750. The number of rotatable bonds is 3. The smallest absolute Gasteiger partial charge is 0.132 e. The van der Waals surface area contributed by atoms with Gasteiger partial charge in [0.15, 0.2) is 0 Å². The van der Waals surface area contributed by atoms with E-state index in [-0.39, 0.29) is 6.61 Å². The van der Waals surface area contributed by atoms with Gasteiger partial charge in [0.05, 0.1) is 31.6 Å². The zero-order chi connectivity index (χ0) is 12.4. The molecule has 2 heterocycles. The van der Waals surface area contributed by atoms with Crippen molar-refractivity contribution in [3.8, 4) is 0 Å². The molecular weight excluding hydrogens is 218 g/mol. The van der Waals surface area contributed by atoms with Crippen molar-refractivity contribution in [3.63, 3.8) is 0 Å². The van der Waals surface area contributed by atoms with Crippen LogP contribution in [0.1, 0.15) is 24.6 Å². The Hall–Kier alpha value is -1.07. The number of anilines is 1. The number of hydrogen-bond acceptors (Lipinski definition) is 4. The van der Waals surface area contributed by atoms with E-state index in [0.717, 1.165) is 43.3 Å². The molecule has 0 aliphatic carbocycles. The van der Waals surface area contributed by atoms with Gasteiger partial charge < -0.3 is 14.7 Å². The van der Waals surface area contributed by atoms with E-state index < -0.39 is 0 Å². The van der Waals surface area contributed by atoms with Crippen LogP contribution in [0.4, 0.5) is 5.82 Å². The van der Waals surface area contributed by atoms with Crippen LogP contribution in [0.2, 0.25) is 0 Å². The first-order valence-electron chi connectivity index (χ1n) is 6.16. The largest absolute Gasteiger partial charge is 0.391 e. The SMILES string of the molecule is CCC1COCCN1c1c(CO)c(C)nn1C. The number of hydrogen-bond donors (Lipinski definition) is 1. The minimum absolute atomic E-state index is 0.0444. The average molecular weight is 239 g/mol. The van der Waals surface area contributed by atoms with Crippen molar-refractivity contribution < 1.29 is 9.84 Å². The Bertz CT molecular complexity index is 389. The molecular formula is C12H21N3O2. The number of aliphatic hydroxyl groups is 1. The summed E-state index contributed by atoms with van der Waals surface area (Å²) in [6.45, 7) is 6.51. The van der Waals surface area contributed by atoms with E-state index in [2.05, 4.69) is 16.9 Å². The van der Waals surface area contributed by atoms with Gasteiger partial charge in [-0.25, -0.2) is 0 Å². The highest BCUT2D eigenvalue weighted by molar-refractivity contribution is 5.51. The van der Waals surface area contributed by atoms with Crippen molar-refractivity contribution in [1.82, 2.24) is 9.78 Å². The van der Waals surface area contributed by atoms with Gasteiger partial charge in [-0.1, -0.05) is 6.92 Å². The molecule has 0 radical (unpaired) electrons. The molecule has 1 atom stereocenters. The predicted molar refractivity (Wildman–Crippen MR) is 66.1 cm³/mol. The molecule has 0 amide bonds.